The lowest BCUT2D eigenvalue weighted by atomic mass is 10.2. The van der Waals surface area contributed by atoms with Gasteiger partial charge in [0.2, 0.25) is 11.8 Å². The minimum atomic E-state index is -0.534. The monoisotopic (exact) mass is 312 g/mol. The zero-order valence-corrected chi connectivity index (χ0v) is 11.6. The molecule has 2 aromatic rings. The van der Waals surface area contributed by atoms with E-state index in [1.54, 1.807) is 18.2 Å². The zero-order chi connectivity index (χ0) is 14.7. The number of nitrogens with one attached hydrogen (secondary N) is 1. The number of amides is 1. The molecule has 2 rings (SSSR count). The third kappa shape index (κ3) is 3.28. The van der Waals surface area contributed by atoms with Crippen LogP contribution in [0.3, 0.4) is 0 Å². The predicted octanol–water partition coefficient (Wildman–Crippen LogP) is 2.00. The lowest BCUT2D eigenvalue weighted by molar-refractivity contribution is 0.0947. The highest BCUT2D eigenvalue weighted by Gasteiger charge is 2.13. The molecule has 0 radical (unpaired) electrons. The number of carbonyl (C=O) groups excluding carboxylic acids is 1. The number of nitrogens with two attached hydrogens (primary N) is 1. The van der Waals surface area contributed by atoms with Gasteiger partial charge in [0, 0.05) is 22.8 Å². The Morgan fingerprint density at radius 2 is 2.15 bits per heavy atom. The van der Waals surface area contributed by atoms with E-state index in [0.29, 0.717) is 15.6 Å². The van der Waals surface area contributed by atoms with Gasteiger partial charge in [0.25, 0.3) is 5.91 Å². The molecule has 1 amide bonds. The molecule has 1 heterocycles. The fraction of sp³-hybridized carbons (Fsp3) is 0.0833. The van der Waals surface area contributed by atoms with Crippen molar-refractivity contribution in [2.75, 3.05) is 5.73 Å². The number of anilines is 1. The van der Waals surface area contributed by atoms with Crippen LogP contribution in [0.1, 0.15) is 15.9 Å². The van der Waals surface area contributed by atoms with E-state index in [1.807, 2.05) is 0 Å². The first-order valence-corrected chi connectivity index (χ1v) is 6.26. The Balaban J connectivity index is 2.08. The highest BCUT2D eigenvalue weighted by atomic mass is 35.5. The molecule has 0 aliphatic rings. The molecule has 4 N–H and O–H groups in total. The molecule has 0 fully saturated rings. The number of aromatic nitrogens is 2. The lowest BCUT2D eigenvalue weighted by Crippen LogP contribution is -2.23. The summed E-state index contributed by atoms with van der Waals surface area (Å²) >= 11 is 11.8. The number of aromatic hydroxyl groups is 1. The van der Waals surface area contributed by atoms with Crippen molar-refractivity contribution in [3.05, 3.63) is 45.6 Å². The van der Waals surface area contributed by atoms with Gasteiger partial charge in [0.05, 0.1) is 0 Å². The Morgan fingerprint density at radius 1 is 1.40 bits per heavy atom. The Bertz CT molecular complexity index is 664. The Kier molecular flexibility index (Phi) is 4.26. The molecule has 0 spiro atoms. The second kappa shape index (κ2) is 5.94. The topological polar surface area (TPSA) is 101 Å². The van der Waals surface area contributed by atoms with E-state index in [1.165, 1.54) is 0 Å². The third-order valence-electron chi connectivity index (χ3n) is 2.49. The molecular formula is C12H10Cl2N4O2. The van der Waals surface area contributed by atoms with Crippen LogP contribution in [0.25, 0.3) is 0 Å². The first kappa shape index (κ1) is 14.4. The quantitative estimate of drug-likeness (QED) is 0.804. The van der Waals surface area contributed by atoms with Crippen LogP contribution in [0.4, 0.5) is 5.95 Å². The van der Waals surface area contributed by atoms with E-state index in [-0.39, 0.29) is 18.1 Å². The van der Waals surface area contributed by atoms with Crippen molar-refractivity contribution in [3.63, 3.8) is 0 Å². The highest BCUT2D eigenvalue weighted by Crippen LogP contribution is 2.21. The fourth-order valence-electron chi connectivity index (χ4n) is 1.48. The van der Waals surface area contributed by atoms with Gasteiger partial charge in [-0.1, -0.05) is 29.3 Å². The minimum absolute atomic E-state index is 0.0655. The largest absolute Gasteiger partial charge is 0.493 e. The van der Waals surface area contributed by atoms with Crippen molar-refractivity contribution in [1.29, 1.82) is 0 Å². The van der Waals surface area contributed by atoms with E-state index < -0.39 is 11.8 Å². The summed E-state index contributed by atoms with van der Waals surface area (Å²) in [5, 5.41) is 13.1. The molecule has 20 heavy (non-hydrogen) atoms. The molecule has 0 bridgehead atoms. The summed E-state index contributed by atoms with van der Waals surface area (Å²) in [6, 6.07) is 4.94. The summed E-state index contributed by atoms with van der Waals surface area (Å²) in [4.78, 5) is 19.0. The fourth-order valence-corrected chi connectivity index (χ4v) is 1.96. The Hall–Kier alpha value is -2.05. The number of benzene rings is 1. The maximum absolute atomic E-state index is 11.9. The number of halogens is 2. The predicted molar refractivity (Wildman–Crippen MR) is 75.7 cm³/mol. The summed E-state index contributed by atoms with van der Waals surface area (Å²) in [5.74, 6) is -1.12. The molecule has 0 aliphatic carbocycles. The van der Waals surface area contributed by atoms with Gasteiger partial charge in [0.15, 0.2) is 0 Å². The first-order chi connectivity index (χ1) is 9.47. The maximum atomic E-state index is 11.9. The van der Waals surface area contributed by atoms with Gasteiger partial charge in [-0.25, -0.2) is 4.98 Å². The van der Waals surface area contributed by atoms with Crippen molar-refractivity contribution in [1.82, 2.24) is 15.3 Å². The smallest absolute Gasteiger partial charge is 0.258 e. The zero-order valence-electron chi connectivity index (χ0n) is 10.1. The van der Waals surface area contributed by atoms with Gasteiger partial charge in [-0.15, -0.1) is 0 Å². The van der Waals surface area contributed by atoms with E-state index in [4.69, 9.17) is 28.9 Å². The van der Waals surface area contributed by atoms with Gasteiger partial charge in [-0.3, -0.25) is 4.79 Å². The second-order valence-corrected chi connectivity index (χ2v) is 4.73. The van der Waals surface area contributed by atoms with Crippen molar-refractivity contribution < 1.29 is 9.90 Å². The van der Waals surface area contributed by atoms with Crippen molar-refractivity contribution in [3.8, 4) is 5.88 Å². The van der Waals surface area contributed by atoms with Gasteiger partial charge in [-0.05, 0) is 17.7 Å². The standard InChI is InChI=1S/C12H10Cl2N4O2/c13-7-2-1-6(9(14)3-7)4-16-10(19)8-5-17-12(15)18-11(8)20/h1-3,5H,4H2,(H,16,19)(H3,15,17,18,20). The van der Waals surface area contributed by atoms with Crippen LogP contribution in [-0.2, 0) is 6.54 Å². The van der Waals surface area contributed by atoms with Crippen LogP contribution < -0.4 is 11.1 Å². The van der Waals surface area contributed by atoms with Gasteiger partial charge in [0.1, 0.15) is 5.56 Å². The lowest BCUT2D eigenvalue weighted by Gasteiger charge is -2.08. The molecule has 0 unspecified atom stereocenters. The SMILES string of the molecule is Nc1ncc(C(=O)NCc2ccc(Cl)cc2Cl)c(O)n1. The van der Waals surface area contributed by atoms with Crippen LogP contribution in [0, 0.1) is 0 Å². The summed E-state index contributed by atoms with van der Waals surface area (Å²) in [6.07, 6.45) is 1.15. The van der Waals surface area contributed by atoms with Gasteiger partial charge >= 0.3 is 0 Å². The van der Waals surface area contributed by atoms with Crippen LogP contribution in [-0.4, -0.2) is 21.0 Å². The van der Waals surface area contributed by atoms with E-state index in [2.05, 4.69) is 15.3 Å². The van der Waals surface area contributed by atoms with Crippen LogP contribution >= 0.6 is 23.2 Å². The summed E-state index contributed by atoms with van der Waals surface area (Å²) in [5.41, 5.74) is 5.91. The third-order valence-corrected chi connectivity index (χ3v) is 3.07. The number of carbonyl (C=O) groups is 1. The number of nitrogens with zero attached hydrogens (tertiary/aromatic N) is 2. The van der Waals surface area contributed by atoms with E-state index >= 15 is 0 Å². The minimum Gasteiger partial charge on any atom is -0.493 e. The average Bonchev–Trinajstić information content (AvgIpc) is 2.37. The molecular weight excluding hydrogens is 303 g/mol. The molecule has 8 heteroatoms. The second-order valence-electron chi connectivity index (χ2n) is 3.88. The molecule has 104 valence electrons. The van der Waals surface area contributed by atoms with Gasteiger partial charge in [-0.2, -0.15) is 4.98 Å². The summed E-state index contributed by atoms with van der Waals surface area (Å²) in [6.45, 7) is 0.179. The Morgan fingerprint density at radius 3 is 2.80 bits per heavy atom. The van der Waals surface area contributed by atoms with Crippen molar-refractivity contribution >= 4 is 35.1 Å². The van der Waals surface area contributed by atoms with Crippen LogP contribution in [0.5, 0.6) is 5.88 Å². The number of nitrogen functional groups attached to an aromatic ring is 1. The first-order valence-electron chi connectivity index (χ1n) is 5.51. The van der Waals surface area contributed by atoms with Gasteiger partial charge < -0.3 is 16.2 Å². The summed E-state index contributed by atoms with van der Waals surface area (Å²) < 4.78 is 0. The Labute approximate surface area is 124 Å². The number of hydrogen-bond donors (Lipinski definition) is 3. The van der Waals surface area contributed by atoms with E-state index in [0.717, 1.165) is 6.20 Å². The molecule has 0 saturated carbocycles. The molecule has 1 aromatic heterocycles. The van der Waals surface area contributed by atoms with E-state index in [9.17, 15) is 9.90 Å². The van der Waals surface area contributed by atoms with Crippen molar-refractivity contribution in [2.45, 2.75) is 6.54 Å². The molecule has 0 aliphatic heterocycles. The molecule has 6 nitrogen and oxygen atoms in total. The average molecular weight is 313 g/mol. The number of rotatable bonds is 3. The molecule has 1 aromatic carbocycles. The normalized spacial score (nSPS) is 10.3. The maximum Gasteiger partial charge on any atom is 0.258 e. The number of hydrogen-bond acceptors (Lipinski definition) is 5. The molecule has 0 atom stereocenters. The summed E-state index contributed by atoms with van der Waals surface area (Å²) in [7, 11) is 0. The van der Waals surface area contributed by atoms with Crippen LogP contribution in [0.2, 0.25) is 10.0 Å². The molecule has 0 saturated heterocycles. The highest BCUT2D eigenvalue weighted by molar-refractivity contribution is 6.35. The van der Waals surface area contributed by atoms with Crippen molar-refractivity contribution in [2.24, 2.45) is 0 Å². The van der Waals surface area contributed by atoms with Crippen LogP contribution in [0.15, 0.2) is 24.4 Å².